The molecule has 1 aliphatic rings. The standard InChI is InChI=1S/C16H23FN2O3/c1-2-9-22-14-10-12(17)5-6-13(14)18-15(21)19-16(11-20)7-3-4-8-16/h5-6,10,20H,2-4,7-9,11H2,1H3,(H2,18,19,21). The highest BCUT2D eigenvalue weighted by molar-refractivity contribution is 5.91. The number of ether oxygens (including phenoxy) is 1. The van der Waals surface area contributed by atoms with Crippen LogP contribution in [0, 0.1) is 5.82 Å². The van der Waals surface area contributed by atoms with E-state index in [9.17, 15) is 14.3 Å². The van der Waals surface area contributed by atoms with Gasteiger partial charge in [-0.3, -0.25) is 0 Å². The first-order valence-corrected chi connectivity index (χ1v) is 7.71. The van der Waals surface area contributed by atoms with Gasteiger partial charge in [-0.1, -0.05) is 19.8 Å². The van der Waals surface area contributed by atoms with Gasteiger partial charge < -0.3 is 20.5 Å². The zero-order chi connectivity index (χ0) is 16.0. The van der Waals surface area contributed by atoms with E-state index in [1.165, 1.54) is 18.2 Å². The maximum absolute atomic E-state index is 13.3. The van der Waals surface area contributed by atoms with Crippen LogP contribution in [0.4, 0.5) is 14.9 Å². The van der Waals surface area contributed by atoms with Gasteiger partial charge >= 0.3 is 6.03 Å². The van der Waals surface area contributed by atoms with Crippen LogP contribution in [-0.4, -0.2) is 29.9 Å². The minimum atomic E-state index is -0.547. The molecule has 6 heteroatoms. The number of halogens is 1. The second-order valence-corrected chi connectivity index (χ2v) is 5.71. The third kappa shape index (κ3) is 4.10. The molecule has 0 saturated heterocycles. The lowest BCUT2D eigenvalue weighted by molar-refractivity contribution is 0.167. The molecule has 122 valence electrons. The summed E-state index contributed by atoms with van der Waals surface area (Å²) < 4.78 is 18.8. The van der Waals surface area contributed by atoms with Gasteiger partial charge in [-0.25, -0.2) is 9.18 Å². The molecular formula is C16H23FN2O3. The quantitative estimate of drug-likeness (QED) is 0.756. The summed E-state index contributed by atoms with van der Waals surface area (Å²) in [6, 6.07) is 3.58. The molecule has 1 fully saturated rings. The van der Waals surface area contributed by atoms with Crippen LogP contribution < -0.4 is 15.4 Å². The maximum atomic E-state index is 13.3. The van der Waals surface area contributed by atoms with Gasteiger partial charge in [-0.15, -0.1) is 0 Å². The van der Waals surface area contributed by atoms with Crippen molar-refractivity contribution in [1.29, 1.82) is 0 Å². The predicted octanol–water partition coefficient (Wildman–Crippen LogP) is 3.04. The number of benzene rings is 1. The van der Waals surface area contributed by atoms with E-state index in [2.05, 4.69) is 10.6 Å². The number of urea groups is 1. The molecule has 1 aromatic carbocycles. The Labute approximate surface area is 129 Å². The average molecular weight is 310 g/mol. The molecule has 0 aromatic heterocycles. The molecular weight excluding hydrogens is 287 g/mol. The van der Waals surface area contributed by atoms with E-state index in [0.29, 0.717) is 18.0 Å². The summed E-state index contributed by atoms with van der Waals surface area (Å²) >= 11 is 0. The van der Waals surface area contributed by atoms with Crippen molar-refractivity contribution >= 4 is 11.7 Å². The van der Waals surface area contributed by atoms with E-state index in [4.69, 9.17) is 4.74 Å². The largest absolute Gasteiger partial charge is 0.491 e. The van der Waals surface area contributed by atoms with Crippen molar-refractivity contribution in [1.82, 2.24) is 5.32 Å². The Kier molecular flexibility index (Phi) is 5.60. The first-order valence-electron chi connectivity index (χ1n) is 7.71. The SMILES string of the molecule is CCCOc1cc(F)ccc1NC(=O)NC1(CO)CCCC1. The fourth-order valence-electron chi connectivity index (χ4n) is 2.70. The summed E-state index contributed by atoms with van der Waals surface area (Å²) in [7, 11) is 0. The average Bonchev–Trinajstić information content (AvgIpc) is 2.96. The number of aliphatic hydroxyl groups is 1. The molecule has 0 radical (unpaired) electrons. The zero-order valence-corrected chi connectivity index (χ0v) is 12.8. The molecule has 0 heterocycles. The first kappa shape index (κ1) is 16.5. The number of anilines is 1. The highest BCUT2D eigenvalue weighted by atomic mass is 19.1. The number of rotatable bonds is 6. The molecule has 1 aromatic rings. The normalized spacial score (nSPS) is 16.3. The van der Waals surface area contributed by atoms with E-state index in [1.807, 2.05) is 6.92 Å². The van der Waals surface area contributed by atoms with Gasteiger partial charge in [0.15, 0.2) is 0 Å². The molecule has 0 bridgehead atoms. The van der Waals surface area contributed by atoms with Gasteiger partial charge in [0.05, 0.1) is 24.4 Å². The maximum Gasteiger partial charge on any atom is 0.319 e. The van der Waals surface area contributed by atoms with Crippen LogP contribution in [0.3, 0.4) is 0 Å². The molecule has 0 spiro atoms. The van der Waals surface area contributed by atoms with Crippen LogP contribution in [0.2, 0.25) is 0 Å². The summed E-state index contributed by atoms with van der Waals surface area (Å²) in [4.78, 5) is 12.2. The van der Waals surface area contributed by atoms with Crippen LogP contribution in [0.1, 0.15) is 39.0 Å². The van der Waals surface area contributed by atoms with E-state index >= 15 is 0 Å². The molecule has 22 heavy (non-hydrogen) atoms. The highest BCUT2D eigenvalue weighted by Crippen LogP contribution is 2.30. The minimum Gasteiger partial charge on any atom is -0.491 e. The number of hydrogen-bond acceptors (Lipinski definition) is 3. The van der Waals surface area contributed by atoms with Crippen molar-refractivity contribution in [3.63, 3.8) is 0 Å². The summed E-state index contributed by atoms with van der Waals surface area (Å²) in [5.41, 5.74) is -0.132. The molecule has 5 nitrogen and oxygen atoms in total. The Morgan fingerprint density at radius 3 is 2.77 bits per heavy atom. The van der Waals surface area contributed by atoms with Gasteiger partial charge in [0.25, 0.3) is 0 Å². The fraction of sp³-hybridized carbons (Fsp3) is 0.562. The summed E-state index contributed by atoms with van der Waals surface area (Å²) in [5.74, 6) is -0.110. The Bertz CT molecular complexity index is 516. The minimum absolute atomic E-state index is 0.0803. The van der Waals surface area contributed by atoms with E-state index in [1.54, 1.807) is 0 Å². The van der Waals surface area contributed by atoms with Crippen molar-refractivity contribution in [3.05, 3.63) is 24.0 Å². The third-order valence-corrected chi connectivity index (χ3v) is 3.90. The Balaban J connectivity index is 2.04. The Morgan fingerprint density at radius 2 is 2.14 bits per heavy atom. The molecule has 0 aliphatic heterocycles. The van der Waals surface area contributed by atoms with Crippen molar-refractivity contribution in [2.24, 2.45) is 0 Å². The van der Waals surface area contributed by atoms with Crippen LogP contribution in [0.5, 0.6) is 5.75 Å². The van der Waals surface area contributed by atoms with Crippen LogP contribution in [0.25, 0.3) is 0 Å². The summed E-state index contributed by atoms with van der Waals surface area (Å²) in [5, 5.41) is 15.0. The van der Waals surface area contributed by atoms with E-state index in [0.717, 1.165) is 32.1 Å². The molecule has 0 atom stereocenters. The lowest BCUT2D eigenvalue weighted by atomic mass is 9.99. The van der Waals surface area contributed by atoms with Crippen LogP contribution in [-0.2, 0) is 0 Å². The predicted molar refractivity (Wildman–Crippen MR) is 82.6 cm³/mol. The smallest absolute Gasteiger partial charge is 0.319 e. The van der Waals surface area contributed by atoms with Crippen LogP contribution >= 0.6 is 0 Å². The fourth-order valence-corrected chi connectivity index (χ4v) is 2.70. The van der Waals surface area contributed by atoms with Gasteiger partial charge in [0.1, 0.15) is 11.6 Å². The second kappa shape index (κ2) is 7.45. The van der Waals surface area contributed by atoms with Gasteiger partial charge in [0, 0.05) is 6.07 Å². The molecule has 1 saturated carbocycles. The van der Waals surface area contributed by atoms with Crippen LogP contribution in [0.15, 0.2) is 18.2 Å². The van der Waals surface area contributed by atoms with E-state index < -0.39 is 17.4 Å². The second-order valence-electron chi connectivity index (χ2n) is 5.71. The van der Waals surface area contributed by atoms with Gasteiger partial charge in [-0.2, -0.15) is 0 Å². The number of hydrogen-bond donors (Lipinski definition) is 3. The highest BCUT2D eigenvalue weighted by Gasteiger charge is 2.34. The lowest BCUT2D eigenvalue weighted by Gasteiger charge is -2.28. The molecule has 3 N–H and O–H groups in total. The Hall–Kier alpha value is -1.82. The van der Waals surface area contributed by atoms with Crippen molar-refractivity contribution in [3.8, 4) is 5.75 Å². The van der Waals surface area contributed by atoms with Crippen molar-refractivity contribution in [2.75, 3.05) is 18.5 Å². The monoisotopic (exact) mass is 310 g/mol. The zero-order valence-electron chi connectivity index (χ0n) is 12.8. The summed E-state index contributed by atoms with van der Waals surface area (Å²) in [6.07, 6.45) is 4.29. The molecule has 0 unspecified atom stereocenters. The molecule has 1 aliphatic carbocycles. The number of nitrogens with one attached hydrogen (secondary N) is 2. The number of carbonyl (C=O) groups excluding carboxylic acids is 1. The van der Waals surface area contributed by atoms with Crippen molar-refractivity contribution < 1.29 is 19.0 Å². The Morgan fingerprint density at radius 1 is 1.41 bits per heavy atom. The lowest BCUT2D eigenvalue weighted by Crippen LogP contribution is -2.50. The number of amides is 2. The number of carbonyl (C=O) groups is 1. The topological polar surface area (TPSA) is 70.6 Å². The molecule has 2 amide bonds. The third-order valence-electron chi connectivity index (χ3n) is 3.90. The molecule has 2 rings (SSSR count). The first-order chi connectivity index (χ1) is 10.6. The van der Waals surface area contributed by atoms with Gasteiger partial charge in [0.2, 0.25) is 0 Å². The van der Waals surface area contributed by atoms with Crippen molar-refractivity contribution in [2.45, 2.75) is 44.6 Å². The summed E-state index contributed by atoms with van der Waals surface area (Å²) in [6.45, 7) is 2.31. The number of aliphatic hydroxyl groups excluding tert-OH is 1. The van der Waals surface area contributed by atoms with E-state index in [-0.39, 0.29) is 6.61 Å². The van der Waals surface area contributed by atoms with Gasteiger partial charge in [-0.05, 0) is 31.4 Å².